The van der Waals surface area contributed by atoms with Gasteiger partial charge in [0.25, 0.3) is 0 Å². The average Bonchev–Trinajstić information content (AvgIpc) is 3.25. The third kappa shape index (κ3) is 6.94. The number of nitrogens with zero attached hydrogens (tertiary/aromatic N) is 1. The number of anilines is 3. The molecule has 0 bridgehead atoms. The molecule has 312 valence electrons. The molecule has 0 spiro atoms. The van der Waals surface area contributed by atoms with Crippen molar-refractivity contribution in [1.82, 2.24) is 0 Å². The van der Waals surface area contributed by atoms with Crippen LogP contribution in [0, 0.1) is 13.8 Å². The highest BCUT2D eigenvalue weighted by Gasteiger charge is 2.25. The predicted molar refractivity (Wildman–Crippen MR) is 276 cm³/mol. The Morgan fingerprint density at radius 2 is 0.825 bits per heavy atom. The highest BCUT2D eigenvalue weighted by Crippen LogP contribution is 2.50. The molecular weight excluding hydrogens is 759 g/mol. The zero-order chi connectivity index (χ0) is 44.2. The Kier molecular flexibility index (Phi) is 9.39. The van der Waals surface area contributed by atoms with Crippen molar-refractivity contribution >= 4 is 70.9 Å². The lowest BCUT2D eigenvalue weighted by atomic mass is 9.82. The van der Waals surface area contributed by atoms with E-state index in [2.05, 4.69) is 239 Å². The van der Waals surface area contributed by atoms with Crippen molar-refractivity contribution in [2.45, 2.75) is 92.4 Å². The molecule has 0 amide bonds. The molecule has 0 saturated carbocycles. The van der Waals surface area contributed by atoms with E-state index in [0.717, 1.165) is 11.4 Å². The molecule has 0 heterocycles. The van der Waals surface area contributed by atoms with E-state index in [1.807, 2.05) is 0 Å². The Balaban J connectivity index is 1.21. The Morgan fingerprint density at radius 3 is 1.32 bits per heavy atom. The monoisotopic (exact) mass is 817 g/mol. The fourth-order valence-electron chi connectivity index (χ4n) is 10.1. The first-order valence-electron chi connectivity index (χ1n) is 22.8. The molecule has 63 heavy (non-hydrogen) atoms. The summed E-state index contributed by atoms with van der Waals surface area (Å²) in [6, 6.07) is 60.5. The van der Waals surface area contributed by atoms with Crippen molar-refractivity contribution in [2.75, 3.05) is 4.90 Å². The number of benzene rings is 10. The summed E-state index contributed by atoms with van der Waals surface area (Å²) >= 11 is 0. The Bertz CT molecular complexity index is 3250. The van der Waals surface area contributed by atoms with Crippen LogP contribution in [-0.4, -0.2) is 0 Å². The van der Waals surface area contributed by atoms with Gasteiger partial charge in [-0.15, -0.1) is 0 Å². The summed E-state index contributed by atoms with van der Waals surface area (Å²) in [5.41, 5.74) is 15.3. The topological polar surface area (TPSA) is 3.24 Å². The summed E-state index contributed by atoms with van der Waals surface area (Å²) in [5, 5.41) is 13.0. The van der Waals surface area contributed by atoms with Gasteiger partial charge in [-0.25, -0.2) is 0 Å². The van der Waals surface area contributed by atoms with E-state index < -0.39 is 0 Å². The van der Waals surface area contributed by atoms with Crippen LogP contribution in [0.5, 0.6) is 0 Å². The first kappa shape index (κ1) is 40.6. The maximum atomic E-state index is 2.49. The van der Waals surface area contributed by atoms with Gasteiger partial charge in [0.2, 0.25) is 0 Å². The fraction of sp³-hybridized carbons (Fsp3) is 0.226. The lowest BCUT2D eigenvalue weighted by Gasteiger charge is -2.31. The second-order valence-electron chi connectivity index (χ2n) is 21.2. The summed E-state index contributed by atoms with van der Waals surface area (Å²) in [6.45, 7) is 25.2. The van der Waals surface area contributed by atoms with Gasteiger partial charge in [-0.05, 0) is 154 Å². The van der Waals surface area contributed by atoms with Crippen molar-refractivity contribution in [3.63, 3.8) is 0 Å². The van der Waals surface area contributed by atoms with Crippen LogP contribution in [0.3, 0.4) is 0 Å². The Labute approximate surface area is 374 Å². The summed E-state index contributed by atoms with van der Waals surface area (Å²) in [7, 11) is 0. The van der Waals surface area contributed by atoms with Gasteiger partial charge in [-0.3, -0.25) is 0 Å². The quantitative estimate of drug-likeness (QED) is 0.124. The number of rotatable bonds is 5. The molecule has 0 saturated heterocycles. The first-order chi connectivity index (χ1) is 30.0. The molecule has 1 heteroatoms. The third-order valence-corrected chi connectivity index (χ3v) is 13.6. The van der Waals surface area contributed by atoms with Crippen molar-refractivity contribution in [3.8, 4) is 22.3 Å². The van der Waals surface area contributed by atoms with Crippen LogP contribution in [-0.2, 0) is 16.2 Å². The Morgan fingerprint density at radius 1 is 0.365 bits per heavy atom. The minimum Gasteiger partial charge on any atom is -0.309 e. The molecule has 1 nitrogen and oxygen atoms in total. The van der Waals surface area contributed by atoms with E-state index >= 15 is 0 Å². The third-order valence-electron chi connectivity index (χ3n) is 13.6. The highest BCUT2D eigenvalue weighted by atomic mass is 15.1. The van der Waals surface area contributed by atoms with Crippen LogP contribution in [0.4, 0.5) is 17.1 Å². The molecule has 0 N–H and O–H groups in total. The lowest BCUT2D eigenvalue weighted by molar-refractivity contribution is 0.590. The van der Waals surface area contributed by atoms with Gasteiger partial charge in [0.05, 0.1) is 5.69 Å². The average molecular weight is 818 g/mol. The molecule has 10 rings (SSSR count). The fourth-order valence-corrected chi connectivity index (χ4v) is 10.1. The summed E-state index contributed by atoms with van der Waals surface area (Å²) in [6.07, 6.45) is 0. The zero-order valence-electron chi connectivity index (χ0n) is 39.0. The molecule has 0 fully saturated rings. The SMILES string of the molecule is Cc1cc(-c2c3ccccc3c(N(c3ccc(C(C)(C)C)cc3)c3ccc(C(C)(C)C)cc3)c3ccccc23)cc(-c2cc(C)c3ccc4cc(C(C)(C)C)cc5ccc2c3c45)c1. The maximum Gasteiger partial charge on any atom is 0.0618 e. The van der Waals surface area contributed by atoms with E-state index in [1.165, 1.54) is 110 Å². The molecule has 0 aliphatic rings. The molecule has 10 aromatic rings. The van der Waals surface area contributed by atoms with Gasteiger partial charge in [-0.1, -0.05) is 190 Å². The van der Waals surface area contributed by atoms with Gasteiger partial charge < -0.3 is 4.90 Å². The van der Waals surface area contributed by atoms with E-state index in [4.69, 9.17) is 0 Å². The molecule has 0 radical (unpaired) electrons. The van der Waals surface area contributed by atoms with Gasteiger partial charge in [0.1, 0.15) is 0 Å². The summed E-state index contributed by atoms with van der Waals surface area (Å²) in [5.74, 6) is 0. The number of fused-ring (bicyclic) bond motifs is 2. The number of aryl methyl sites for hydroxylation is 2. The van der Waals surface area contributed by atoms with E-state index in [1.54, 1.807) is 0 Å². The molecule has 10 aromatic carbocycles. The Hall–Kier alpha value is -6.44. The molecular formula is C62H59N. The van der Waals surface area contributed by atoms with Crippen LogP contribution in [0.25, 0.3) is 76.1 Å². The van der Waals surface area contributed by atoms with Crippen LogP contribution in [0.2, 0.25) is 0 Å². The van der Waals surface area contributed by atoms with Crippen molar-refractivity contribution in [3.05, 3.63) is 186 Å². The van der Waals surface area contributed by atoms with Gasteiger partial charge >= 0.3 is 0 Å². The largest absolute Gasteiger partial charge is 0.309 e. The normalized spacial score (nSPS) is 12.7. The first-order valence-corrected chi connectivity index (χ1v) is 22.8. The number of hydrogen-bond acceptors (Lipinski definition) is 1. The molecule has 0 unspecified atom stereocenters. The summed E-state index contributed by atoms with van der Waals surface area (Å²) < 4.78 is 0. The smallest absolute Gasteiger partial charge is 0.0618 e. The molecule has 0 aromatic heterocycles. The van der Waals surface area contributed by atoms with Gasteiger partial charge in [0, 0.05) is 22.1 Å². The van der Waals surface area contributed by atoms with Crippen molar-refractivity contribution in [1.29, 1.82) is 0 Å². The van der Waals surface area contributed by atoms with E-state index in [9.17, 15) is 0 Å². The van der Waals surface area contributed by atoms with Crippen LogP contribution < -0.4 is 4.90 Å². The highest BCUT2D eigenvalue weighted by molar-refractivity contribution is 6.27. The van der Waals surface area contributed by atoms with Crippen LogP contribution in [0.1, 0.15) is 90.1 Å². The number of hydrogen-bond donors (Lipinski definition) is 0. The summed E-state index contributed by atoms with van der Waals surface area (Å²) in [4.78, 5) is 2.49. The minimum absolute atomic E-state index is 0.0534. The van der Waals surface area contributed by atoms with Gasteiger partial charge in [-0.2, -0.15) is 0 Å². The predicted octanol–water partition coefficient (Wildman–Crippen LogP) is 18.2. The standard InChI is InChI=1S/C62H59N/c1-38-32-42(55-34-39(2)49-30-20-40-36-46(62(9,10)11)37-41-21-31-52(55)58(49)56(40)41)35-43(33-38)57-50-16-12-14-18-53(50)59(54-19-15-13-17-51(54)57)63(47-26-22-44(23-27-47)60(3,4)5)48-28-24-45(25-29-48)61(6,7)8/h12-37H,1-11H3. The lowest BCUT2D eigenvalue weighted by Crippen LogP contribution is -2.15. The van der Waals surface area contributed by atoms with Gasteiger partial charge in [0.15, 0.2) is 0 Å². The molecule has 0 atom stereocenters. The second-order valence-corrected chi connectivity index (χ2v) is 21.2. The zero-order valence-corrected chi connectivity index (χ0v) is 39.0. The van der Waals surface area contributed by atoms with Crippen LogP contribution in [0.15, 0.2) is 158 Å². The van der Waals surface area contributed by atoms with Crippen molar-refractivity contribution < 1.29 is 0 Å². The second kappa shape index (κ2) is 14.6. The minimum atomic E-state index is 0.0534. The van der Waals surface area contributed by atoms with E-state index in [-0.39, 0.29) is 16.2 Å². The molecule has 0 aliphatic carbocycles. The molecule has 0 aliphatic heterocycles. The van der Waals surface area contributed by atoms with Crippen molar-refractivity contribution in [2.24, 2.45) is 0 Å². The maximum absolute atomic E-state index is 2.49. The van der Waals surface area contributed by atoms with E-state index in [0.29, 0.717) is 0 Å². The van der Waals surface area contributed by atoms with Crippen LogP contribution >= 0.6 is 0 Å².